The largest absolute Gasteiger partial charge is 0.366 e. The van der Waals surface area contributed by atoms with E-state index in [4.69, 9.17) is 0 Å². The fourth-order valence-corrected chi connectivity index (χ4v) is 4.12. The van der Waals surface area contributed by atoms with Gasteiger partial charge < -0.3 is 9.97 Å². The van der Waals surface area contributed by atoms with Crippen LogP contribution in [0.1, 0.15) is 5.69 Å². The second-order valence-electron chi connectivity index (χ2n) is 5.51. The summed E-state index contributed by atoms with van der Waals surface area (Å²) in [5.74, 6) is -0.163. The zero-order valence-electron chi connectivity index (χ0n) is 14.1. The normalized spacial score (nSPS) is 11.7. The Morgan fingerprint density at radius 3 is 2.15 bits per heavy atom. The minimum atomic E-state index is -4.02. The topological polar surface area (TPSA) is 120 Å². The van der Waals surface area contributed by atoms with E-state index in [1.807, 2.05) is 0 Å². The van der Waals surface area contributed by atoms with Crippen LogP contribution in [0.2, 0.25) is 0 Å². The highest BCUT2D eigenvalue weighted by Crippen LogP contribution is 2.25. The van der Waals surface area contributed by atoms with Crippen LogP contribution in [0, 0.1) is 6.92 Å². The number of nitrogens with one attached hydrogen (secondary N) is 1. The predicted octanol–water partition coefficient (Wildman–Crippen LogP) is 2.98. The Labute approximate surface area is 157 Å². The minimum Gasteiger partial charge on any atom is -0.366 e. The van der Waals surface area contributed by atoms with Crippen molar-refractivity contribution >= 4 is 31.7 Å². The Balaban J connectivity index is 1.79. The highest BCUT2D eigenvalue weighted by molar-refractivity contribution is 7.94. The summed E-state index contributed by atoms with van der Waals surface area (Å²) in [5.41, 5.74) is 0.814. The van der Waals surface area contributed by atoms with Crippen molar-refractivity contribution in [3.8, 4) is 0 Å². The number of aromatic nitrogens is 2. The van der Waals surface area contributed by atoms with E-state index in [1.165, 1.54) is 42.6 Å². The number of aryl methyl sites for hydroxylation is 1. The Bertz CT molecular complexity index is 1150. The van der Waals surface area contributed by atoms with Gasteiger partial charge >= 0.3 is 0 Å². The summed E-state index contributed by atoms with van der Waals surface area (Å²) < 4.78 is 55.3. The van der Waals surface area contributed by atoms with Crippen LogP contribution in [0.25, 0.3) is 4.72 Å². The average Bonchev–Trinajstić information content (AvgIpc) is 2.62. The van der Waals surface area contributed by atoms with Crippen LogP contribution in [0.4, 0.5) is 11.6 Å². The quantitative estimate of drug-likeness (QED) is 0.675. The Morgan fingerprint density at radius 2 is 1.52 bits per heavy atom. The van der Waals surface area contributed by atoms with Gasteiger partial charge in [-0.2, -0.15) is 0 Å². The van der Waals surface area contributed by atoms with Crippen LogP contribution in [0.3, 0.4) is 0 Å². The number of hydrogen-bond acceptors (Lipinski definition) is 6. The molecule has 0 spiro atoms. The summed E-state index contributed by atoms with van der Waals surface area (Å²) in [6, 6.07) is 14.7. The summed E-state index contributed by atoms with van der Waals surface area (Å²) in [6.45, 7) is 1.70. The van der Waals surface area contributed by atoms with Gasteiger partial charge in [-0.3, -0.25) is 9.44 Å². The van der Waals surface area contributed by atoms with Gasteiger partial charge in [-0.15, -0.1) is 0 Å². The maximum atomic E-state index is 12.3. The zero-order valence-corrected chi connectivity index (χ0v) is 15.8. The van der Waals surface area contributed by atoms with Crippen LogP contribution in [0.5, 0.6) is 0 Å². The molecule has 0 atom stereocenters. The molecule has 140 valence electrons. The summed E-state index contributed by atoms with van der Waals surface area (Å²) >= 11 is 0. The minimum absolute atomic E-state index is 0.102. The molecule has 0 radical (unpaired) electrons. The molecule has 1 N–H and O–H groups in total. The first-order chi connectivity index (χ1) is 12.8. The van der Waals surface area contributed by atoms with Gasteiger partial charge in [0.25, 0.3) is 10.0 Å². The van der Waals surface area contributed by atoms with Crippen LogP contribution in [0.15, 0.2) is 76.7 Å². The number of rotatable bonds is 6. The van der Waals surface area contributed by atoms with Gasteiger partial charge in [0.15, 0.2) is 0 Å². The van der Waals surface area contributed by atoms with E-state index in [1.54, 1.807) is 31.2 Å². The van der Waals surface area contributed by atoms with Gasteiger partial charge in [-0.1, -0.05) is 24.3 Å². The van der Waals surface area contributed by atoms with Crippen molar-refractivity contribution in [2.75, 3.05) is 4.72 Å². The molecule has 0 aliphatic heterocycles. The molecule has 0 aliphatic rings. The van der Waals surface area contributed by atoms with Crippen molar-refractivity contribution in [2.24, 2.45) is 0 Å². The standard InChI is InChI=1S/C17H15N4O4S2/c1-13-11-12-18-17(19-13)21-27(24,25)16-9-7-14(8-10-16)20-26(22,23)15-5-3-2-4-6-15/h2-12,20H,1H3/q-1. The van der Waals surface area contributed by atoms with Crippen molar-refractivity contribution in [1.29, 1.82) is 0 Å². The third-order valence-corrected chi connectivity index (χ3v) is 6.11. The van der Waals surface area contributed by atoms with Crippen molar-refractivity contribution in [3.05, 3.63) is 77.3 Å². The monoisotopic (exact) mass is 403 g/mol. The fourth-order valence-electron chi connectivity index (χ4n) is 2.15. The molecule has 1 aromatic heterocycles. The van der Waals surface area contributed by atoms with Crippen LogP contribution >= 0.6 is 0 Å². The highest BCUT2D eigenvalue weighted by Gasteiger charge is 2.15. The first-order valence-corrected chi connectivity index (χ1v) is 10.6. The second kappa shape index (κ2) is 7.33. The van der Waals surface area contributed by atoms with Gasteiger partial charge in [0.05, 0.1) is 9.79 Å². The zero-order chi connectivity index (χ0) is 19.5. The maximum absolute atomic E-state index is 12.3. The van der Waals surface area contributed by atoms with Crippen molar-refractivity contribution < 1.29 is 16.8 Å². The molecule has 0 aliphatic carbocycles. The number of anilines is 1. The van der Waals surface area contributed by atoms with Crippen LogP contribution in [-0.2, 0) is 20.0 Å². The van der Waals surface area contributed by atoms with E-state index in [0.717, 1.165) is 0 Å². The average molecular weight is 403 g/mol. The molecule has 3 rings (SSSR count). The number of sulfonamides is 2. The summed E-state index contributed by atoms with van der Waals surface area (Å²) in [6.07, 6.45) is 1.41. The molecule has 0 fully saturated rings. The van der Waals surface area contributed by atoms with Gasteiger partial charge in [0, 0.05) is 11.6 Å². The lowest BCUT2D eigenvalue weighted by Crippen LogP contribution is -2.12. The summed E-state index contributed by atoms with van der Waals surface area (Å²) in [7, 11) is -7.78. The third kappa shape index (κ3) is 4.60. The number of hydrogen-bond donors (Lipinski definition) is 1. The molecule has 2 aromatic carbocycles. The SMILES string of the molecule is Cc1ccnc([N-]S(=O)(=O)c2ccc(NS(=O)(=O)c3ccccc3)cc2)n1. The molecule has 3 aromatic rings. The Kier molecular flexibility index (Phi) is 5.10. The first kappa shape index (κ1) is 18.8. The molecule has 27 heavy (non-hydrogen) atoms. The lowest BCUT2D eigenvalue weighted by molar-refractivity contribution is 0.600. The molecular weight excluding hydrogens is 388 g/mol. The van der Waals surface area contributed by atoms with E-state index >= 15 is 0 Å². The molecule has 0 saturated heterocycles. The van der Waals surface area contributed by atoms with Gasteiger partial charge in [0.1, 0.15) is 0 Å². The smallest absolute Gasteiger partial charge is 0.261 e. The second-order valence-corrected chi connectivity index (χ2v) is 8.79. The molecule has 0 unspecified atom stereocenters. The Morgan fingerprint density at radius 1 is 0.852 bits per heavy atom. The lowest BCUT2D eigenvalue weighted by Gasteiger charge is -2.14. The molecule has 8 nitrogen and oxygen atoms in total. The van der Waals surface area contributed by atoms with Crippen molar-refractivity contribution in [3.63, 3.8) is 0 Å². The van der Waals surface area contributed by atoms with E-state index in [2.05, 4.69) is 19.4 Å². The number of nitrogens with zero attached hydrogens (tertiary/aromatic N) is 3. The van der Waals surface area contributed by atoms with Gasteiger partial charge in [-0.25, -0.2) is 16.8 Å². The molecular formula is C17H15N4O4S2-. The summed E-state index contributed by atoms with van der Waals surface area (Å²) in [5, 5.41) is 0. The highest BCUT2D eigenvalue weighted by atomic mass is 32.2. The van der Waals surface area contributed by atoms with Crippen LogP contribution < -0.4 is 4.72 Å². The lowest BCUT2D eigenvalue weighted by atomic mass is 10.3. The molecule has 0 saturated carbocycles. The fraction of sp³-hybridized carbons (Fsp3) is 0.0588. The van der Waals surface area contributed by atoms with E-state index in [-0.39, 0.29) is 21.4 Å². The molecule has 10 heteroatoms. The van der Waals surface area contributed by atoms with Gasteiger partial charge in [-0.05, 0) is 55.2 Å². The van der Waals surface area contributed by atoms with Crippen molar-refractivity contribution in [1.82, 2.24) is 9.97 Å². The maximum Gasteiger partial charge on any atom is 0.261 e. The number of benzene rings is 2. The van der Waals surface area contributed by atoms with E-state index in [9.17, 15) is 16.8 Å². The third-order valence-electron chi connectivity index (χ3n) is 3.44. The summed E-state index contributed by atoms with van der Waals surface area (Å²) in [4.78, 5) is 7.74. The Hall–Kier alpha value is -2.98. The first-order valence-electron chi connectivity index (χ1n) is 7.72. The molecule has 0 bridgehead atoms. The van der Waals surface area contributed by atoms with Gasteiger partial charge in [0.2, 0.25) is 10.0 Å². The van der Waals surface area contributed by atoms with E-state index in [0.29, 0.717) is 5.69 Å². The molecule has 0 amide bonds. The van der Waals surface area contributed by atoms with E-state index < -0.39 is 20.0 Å². The predicted molar refractivity (Wildman–Crippen MR) is 101 cm³/mol. The molecule has 1 heterocycles. The van der Waals surface area contributed by atoms with Crippen molar-refractivity contribution in [2.45, 2.75) is 16.7 Å². The van der Waals surface area contributed by atoms with Crippen LogP contribution in [-0.4, -0.2) is 26.8 Å².